The number of nitrogens with two attached hydrogens (primary N) is 1. The lowest BCUT2D eigenvalue weighted by Gasteiger charge is -2.29. The molecule has 2 heterocycles. The van der Waals surface area contributed by atoms with Crippen molar-refractivity contribution in [2.24, 2.45) is 5.73 Å². The van der Waals surface area contributed by atoms with Gasteiger partial charge in [0.05, 0.1) is 23.5 Å². The Morgan fingerprint density at radius 2 is 1.83 bits per heavy atom. The molecule has 0 saturated carbocycles. The van der Waals surface area contributed by atoms with Gasteiger partial charge in [0.15, 0.2) is 0 Å². The number of hydrogen-bond acceptors (Lipinski definition) is 6. The van der Waals surface area contributed by atoms with E-state index in [9.17, 15) is 19.6 Å². The third-order valence-electron chi connectivity index (χ3n) is 5.83. The monoisotopic (exact) mass is 432 g/mol. The average molecular weight is 432 g/mol. The van der Waals surface area contributed by atoms with Crippen LogP contribution in [0.25, 0.3) is 0 Å². The number of benzene rings is 1. The van der Waals surface area contributed by atoms with Gasteiger partial charge in [-0.3, -0.25) is 9.59 Å². The molecule has 10 heteroatoms. The van der Waals surface area contributed by atoms with Gasteiger partial charge in [-0.1, -0.05) is 42.5 Å². The van der Waals surface area contributed by atoms with Gasteiger partial charge in [0, 0.05) is 13.1 Å². The fourth-order valence-electron chi connectivity index (χ4n) is 4.27. The van der Waals surface area contributed by atoms with E-state index in [-0.39, 0.29) is 18.4 Å². The highest BCUT2D eigenvalue weighted by atomic mass is 32.1. The van der Waals surface area contributed by atoms with Gasteiger partial charge in [-0.05, 0) is 37.7 Å². The average Bonchev–Trinajstić information content (AvgIpc) is 3.41. The minimum Gasteiger partial charge on any atom is -0.426 e. The molecule has 162 valence electrons. The standard InChI is InChI=1S/C20H29BN4O4S/c22-15(12-14-6-2-1-3-7-14)20(27)24-10-4-8-16(24)19(26)23-13-18(30)25-11-5-9-17(25)21(28)29/h1-3,6-7,15-17,28-29H,4-5,8-13,22H2,(H,23,26)/t15-,16-,17-/m0/s1. The second-order valence-electron chi connectivity index (χ2n) is 7.91. The SMILES string of the molecule is N[C@@H](Cc1ccccc1)C(=O)N1CCC[C@H]1C(=O)NCC(=S)N1CCC[C@H]1B(O)O. The Labute approximate surface area is 182 Å². The van der Waals surface area contributed by atoms with Crippen LogP contribution in [0.3, 0.4) is 0 Å². The molecule has 8 nitrogen and oxygen atoms in total. The van der Waals surface area contributed by atoms with Crippen molar-refractivity contribution in [1.82, 2.24) is 15.1 Å². The van der Waals surface area contributed by atoms with Crippen LogP contribution in [0.5, 0.6) is 0 Å². The molecule has 0 bridgehead atoms. The molecule has 0 aromatic heterocycles. The van der Waals surface area contributed by atoms with Crippen molar-refractivity contribution in [2.75, 3.05) is 19.6 Å². The van der Waals surface area contributed by atoms with Gasteiger partial charge in [-0.2, -0.15) is 0 Å². The molecule has 2 amide bonds. The van der Waals surface area contributed by atoms with Crippen LogP contribution in [0.4, 0.5) is 0 Å². The molecule has 2 saturated heterocycles. The van der Waals surface area contributed by atoms with E-state index >= 15 is 0 Å². The van der Waals surface area contributed by atoms with E-state index in [0.29, 0.717) is 37.3 Å². The molecule has 2 aliphatic heterocycles. The number of nitrogens with one attached hydrogen (secondary N) is 1. The summed E-state index contributed by atoms with van der Waals surface area (Å²) in [5.41, 5.74) is 7.12. The molecule has 5 N–H and O–H groups in total. The first kappa shape index (κ1) is 22.7. The number of thiocarbonyl (C=S) groups is 1. The number of rotatable bonds is 7. The van der Waals surface area contributed by atoms with Crippen molar-refractivity contribution >= 4 is 36.1 Å². The fraction of sp³-hybridized carbons (Fsp3) is 0.550. The summed E-state index contributed by atoms with van der Waals surface area (Å²) in [6.45, 7) is 1.28. The number of nitrogens with zero attached hydrogens (tertiary/aromatic N) is 2. The van der Waals surface area contributed by atoms with E-state index in [1.54, 1.807) is 9.80 Å². The maximum Gasteiger partial charge on any atom is 0.475 e. The largest absolute Gasteiger partial charge is 0.475 e. The van der Waals surface area contributed by atoms with Crippen molar-refractivity contribution in [3.8, 4) is 0 Å². The highest BCUT2D eigenvalue weighted by molar-refractivity contribution is 7.80. The van der Waals surface area contributed by atoms with Crippen molar-refractivity contribution in [1.29, 1.82) is 0 Å². The summed E-state index contributed by atoms with van der Waals surface area (Å²) in [6.07, 6.45) is 3.23. The second kappa shape index (κ2) is 10.3. The van der Waals surface area contributed by atoms with Gasteiger partial charge in [-0.25, -0.2) is 0 Å². The molecular weight excluding hydrogens is 403 g/mol. The molecule has 2 fully saturated rings. The zero-order valence-electron chi connectivity index (χ0n) is 16.9. The Morgan fingerprint density at radius 3 is 2.53 bits per heavy atom. The lowest BCUT2D eigenvalue weighted by atomic mass is 9.78. The quantitative estimate of drug-likeness (QED) is 0.338. The predicted octanol–water partition coefficient (Wildman–Crippen LogP) is -0.533. The first-order valence-corrected chi connectivity index (χ1v) is 10.8. The molecule has 2 aliphatic rings. The number of amides is 2. The van der Waals surface area contributed by atoms with Gasteiger partial charge in [-0.15, -0.1) is 0 Å². The Hall–Kier alpha value is -2.01. The van der Waals surface area contributed by atoms with Gasteiger partial charge in [0.25, 0.3) is 0 Å². The number of carbonyl (C=O) groups excluding carboxylic acids is 2. The fourth-order valence-corrected chi connectivity index (χ4v) is 4.56. The molecule has 3 rings (SSSR count). The Bertz CT molecular complexity index is 766. The first-order chi connectivity index (χ1) is 14.4. The Morgan fingerprint density at radius 1 is 1.17 bits per heavy atom. The summed E-state index contributed by atoms with van der Waals surface area (Å²) in [4.78, 5) is 29.4. The van der Waals surface area contributed by atoms with E-state index in [4.69, 9.17) is 18.0 Å². The molecule has 3 atom stereocenters. The van der Waals surface area contributed by atoms with Crippen LogP contribution in [0.15, 0.2) is 30.3 Å². The molecule has 30 heavy (non-hydrogen) atoms. The van der Waals surface area contributed by atoms with E-state index in [1.165, 1.54) is 0 Å². The second-order valence-corrected chi connectivity index (χ2v) is 8.39. The number of carbonyl (C=O) groups is 2. The van der Waals surface area contributed by atoms with Crippen molar-refractivity contribution in [3.05, 3.63) is 35.9 Å². The maximum atomic E-state index is 12.9. The van der Waals surface area contributed by atoms with Crippen LogP contribution in [-0.4, -0.2) is 81.4 Å². The van der Waals surface area contributed by atoms with Crippen molar-refractivity contribution in [2.45, 2.75) is 50.1 Å². The summed E-state index contributed by atoms with van der Waals surface area (Å²) in [6, 6.07) is 8.32. The topological polar surface area (TPSA) is 119 Å². The van der Waals surface area contributed by atoms with Gasteiger partial charge in [0.2, 0.25) is 11.8 Å². The minimum atomic E-state index is -1.46. The van der Waals surface area contributed by atoms with E-state index < -0.39 is 25.1 Å². The van der Waals surface area contributed by atoms with Gasteiger partial charge in [0.1, 0.15) is 6.04 Å². The molecule has 1 aromatic carbocycles. The van der Waals surface area contributed by atoms with Gasteiger partial charge >= 0.3 is 7.12 Å². The smallest absolute Gasteiger partial charge is 0.426 e. The lowest BCUT2D eigenvalue weighted by Crippen LogP contribution is -2.53. The summed E-state index contributed by atoms with van der Waals surface area (Å²) in [5.74, 6) is -0.910. The van der Waals surface area contributed by atoms with Crippen LogP contribution in [0, 0.1) is 0 Å². The predicted molar refractivity (Wildman–Crippen MR) is 118 cm³/mol. The van der Waals surface area contributed by atoms with Crippen LogP contribution in [-0.2, 0) is 16.0 Å². The summed E-state index contributed by atoms with van der Waals surface area (Å²) in [5, 5.41) is 21.8. The lowest BCUT2D eigenvalue weighted by molar-refractivity contribution is -0.139. The first-order valence-electron chi connectivity index (χ1n) is 10.4. The van der Waals surface area contributed by atoms with Gasteiger partial charge < -0.3 is 30.9 Å². The van der Waals surface area contributed by atoms with Crippen LogP contribution in [0.2, 0.25) is 0 Å². The molecule has 0 radical (unpaired) electrons. The minimum absolute atomic E-state index is 0.131. The van der Waals surface area contributed by atoms with E-state index in [0.717, 1.165) is 18.4 Å². The highest BCUT2D eigenvalue weighted by Crippen LogP contribution is 2.20. The maximum absolute atomic E-state index is 12.9. The van der Waals surface area contributed by atoms with Crippen LogP contribution >= 0.6 is 12.2 Å². The van der Waals surface area contributed by atoms with Crippen LogP contribution in [0.1, 0.15) is 31.2 Å². The molecule has 0 spiro atoms. The summed E-state index contributed by atoms with van der Waals surface area (Å²) >= 11 is 5.39. The molecule has 0 unspecified atom stereocenters. The zero-order chi connectivity index (χ0) is 21.7. The normalized spacial score (nSPS) is 22.1. The van der Waals surface area contributed by atoms with E-state index in [2.05, 4.69) is 5.32 Å². The molecule has 0 aliphatic carbocycles. The number of hydrogen-bond donors (Lipinski definition) is 4. The highest BCUT2D eigenvalue weighted by Gasteiger charge is 2.37. The summed E-state index contributed by atoms with van der Waals surface area (Å²) in [7, 11) is -1.46. The molecule has 1 aromatic rings. The number of likely N-dealkylation sites (tertiary alicyclic amines) is 2. The third kappa shape index (κ3) is 5.37. The van der Waals surface area contributed by atoms with Crippen molar-refractivity contribution < 1.29 is 19.6 Å². The Kier molecular flexibility index (Phi) is 7.82. The van der Waals surface area contributed by atoms with Crippen LogP contribution < -0.4 is 11.1 Å². The summed E-state index contributed by atoms with van der Waals surface area (Å²) < 4.78 is 0. The van der Waals surface area contributed by atoms with E-state index in [1.807, 2.05) is 30.3 Å². The Balaban J connectivity index is 1.53. The molecular formula is C20H29BN4O4S. The zero-order valence-corrected chi connectivity index (χ0v) is 17.8. The van der Waals surface area contributed by atoms with Crippen molar-refractivity contribution in [3.63, 3.8) is 0 Å². The third-order valence-corrected chi connectivity index (χ3v) is 6.21.